The second kappa shape index (κ2) is 8.63. The molecule has 32 heavy (non-hydrogen) atoms. The number of hydrogen-bond acceptors (Lipinski definition) is 5. The van der Waals surface area contributed by atoms with E-state index in [2.05, 4.69) is 20.9 Å². The summed E-state index contributed by atoms with van der Waals surface area (Å²) < 4.78 is 40.8. The molecule has 0 saturated carbocycles. The van der Waals surface area contributed by atoms with Gasteiger partial charge in [-0.05, 0) is 53.9 Å². The van der Waals surface area contributed by atoms with Gasteiger partial charge in [0.15, 0.2) is 5.69 Å². The molecule has 0 atom stereocenters. The number of nitrogens with zero attached hydrogens (tertiary/aromatic N) is 3. The molecule has 0 spiro atoms. The number of aromatic nitrogens is 3. The van der Waals surface area contributed by atoms with E-state index in [9.17, 15) is 22.8 Å². The molecule has 3 aromatic heterocycles. The van der Waals surface area contributed by atoms with Gasteiger partial charge in [0, 0.05) is 23.5 Å². The Morgan fingerprint density at radius 3 is 2.09 bits per heavy atom. The molecule has 11 heteroatoms. The van der Waals surface area contributed by atoms with Crippen molar-refractivity contribution in [1.29, 1.82) is 0 Å². The minimum absolute atomic E-state index is 0.199. The third-order valence-corrected chi connectivity index (χ3v) is 5.27. The first-order chi connectivity index (χ1) is 15.3. The second-order valence-electron chi connectivity index (χ2n) is 6.49. The second-order valence-corrected chi connectivity index (χ2v) is 7.44. The largest absolute Gasteiger partial charge is 0.435 e. The van der Waals surface area contributed by atoms with Crippen LogP contribution in [0, 0.1) is 0 Å². The molecular weight excluding hydrogens is 443 g/mol. The number of halogens is 3. The van der Waals surface area contributed by atoms with Crippen LogP contribution in [0.5, 0.6) is 0 Å². The molecular formula is C21H14F3N5O2S. The highest BCUT2D eigenvalue weighted by Crippen LogP contribution is 2.34. The number of nitrogens with one attached hydrogen (secondary N) is 2. The van der Waals surface area contributed by atoms with E-state index in [-0.39, 0.29) is 11.3 Å². The summed E-state index contributed by atoms with van der Waals surface area (Å²) >= 11 is 1.29. The van der Waals surface area contributed by atoms with E-state index >= 15 is 0 Å². The molecule has 2 N–H and O–H groups in total. The molecule has 2 amide bonds. The molecule has 0 bridgehead atoms. The molecule has 0 fully saturated rings. The molecule has 0 saturated heterocycles. The van der Waals surface area contributed by atoms with Gasteiger partial charge in [0.2, 0.25) is 0 Å². The van der Waals surface area contributed by atoms with Crippen LogP contribution in [0.15, 0.2) is 72.4 Å². The Hall–Kier alpha value is -3.99. The van der Waals surface area contributed by atoms with Gasteiger partial charge < -0.3 is 0 Å². The summed E-state index contributed by atoms with van der Waals surface area (Å²) in [4.78, 5) is 28.7. The zero-order valence-electron chi connectivity index (χ0n) is 16.1. The van der Waals surface area contributed by atoms with Gasteiger partial charge in [0.25, 0.3) is 11.8 Å². The van der Waals surface area contributed by atoms with Crippen molar-refractivity contribution < 1.29 is 22.8 Å². The number of carbonyl (C=O) groups excluding carboxylic acids is 2. The number of hydrogen-bond donors (Lipinski definition) is 2. The highest BCUT2D eigenvalue weighted by Gasteiger charge is 2.35. The van der Waals surface area contributed by atoms with Crippen LogP contribution in [0.2, 0.25) is 0 Å². The Labute approximate surface area is 183 Å². The summed E-state index contributed by atoms with van der Waals surface area (Å²) in [7, 11) is 0. The van der Waals surface area contributed by atoms with Crippen molar-refractivity contribution in [3.05, 3.63) is 89.2 Å². The summed E-state index contributed by atoms with van der Waals surface area (Å²) in [5, 5.41) is 5.47. The number of alkyl halides is 3. The van der Waals surface area contributed by atoms with Crippen LogP contribution in [0.4, 0.5) is 13.2 Å². The average molecular weight is 457 g/mol. The van der Waals surface area contributed by atoms with Crippen molar-refractivity contribution in [3.8, 4) is 16.3 Å². The predicted octanol–water partition coefficient (Wildman–Crippen LogP) is 4.09. The first-order valence-corrected chi connectivity index (χ1v) is 10.0. The Bertz CT molecular complexity index is 1240. The quantitative estimate of drug-likeness (QED) is 0.452. The van der Waals surface area contributed by atoms with Gasteiger partial charge in [-0.15, -0.1) is 11.3 Å². The van der Waals surface area contributed by atoms with E-state index in [4.69, 9.17) is 0 Å². The van der Waals surface area contributed by atoms with E-state index in [1.807, 2.05) is 0 Å². The average Bonchev–Trinajstić information content (AvgIpc) is 3.47. The van der Waals surface area contributed by atoms with E-state index in [0.29, 0.717) is 16.1 Å². The highest BCUT2D eigenvalue weighted by molar-refractivity contribution is 7.13. The maximum Gasteiger partial charge on any atom is 0.435 e. The van der Waals surface area contributed by atoms with Crippen LogP contribution < -0.4 is 10.9 Å². The summed E-state index contributed by atoms with van der Waals surface area (Å²) in [6.07, 6.45) is -1.71. The fourth-order valence-corrected chi connectivity index (χ4v) is 3.56. The van der Waals surface area contributed by atoms with E-state index < -0.39 is 23.7 Å². The first-order valence-electron chi connectivity index (χ1n) is 9.15. The Morgan fingerprint density at radius 2 is 1.53 bits per heavy atom. The fourth-order valence-electron chi connectivity index (χ4n) is 2.83. The number of amides is 2. The van der Waals surface area contributed by atoms with Gasteiger partial charge in [-0.2, -0.15) is 18.3 Å². The topological polar surface area (TPSA) is 88.9 Å². The van der Waals surface area contributed by atoms with Crippen molar-refractivity contribution in [2.75, 3.05) is 0 Å². The number of rotatable bonds is 4. The van der Waals surface area contributed by atoms with Gasteiger partial charge >= 0.3 is 6.18 Å². The van der Waals surface area contributed by atoms with Gasteiger partial charge in [0.1, 0.15) is 0 Å². The molecule has 0 aliphatic carbocycles. The van der Waals surface area contributed by atoms with E-state index in [1.54, 1.807) is 17.5 Å². The van der Waals surface area contributed by atoms with Crippen molar-refractivity contribution >= 4 is 23.2 Å². The molecule has 1 aromatic carbocycles. The SMILES string of the molecule is O=C(NNC(=O)c1ccc(-n2nc(C(F)(F)F)cc2-c2cccs2)cc1)c1ccncc1. The monoisotopic (exact) mass is 457 g/mol. The Morgan fingerprint density at radius 1 is 0.906 bits per heavy atom. The number of carbonyl (C=O) groups is 2. The minimum atomic E-state index is -4.59. The number of benzene rings is 1. The lowest BCUT2D eigenvalue weighted by atomic mass is 10.2. The molecule has 0 radical (unpaired) electrons. The fraction of sp³-hybridized carbons (Fsp3) is 0.0476. The maximum atomic E-state index is 13.2. The number of thiophene rings is 1. The predicted molar refractivity (Wildman–Crippen MR) is 111 cm³/mol. The molecule has 0 aliphatic rings. The molecule has 4 aromatic rings. The van der Waals surface area contributed by atoms with Crippen LogP contribution in [-0.4, -0.2) is 26.6 Å². The summed E-state index contributed by atoms with van der Waals surface area (Å²) in [6, 6.07) is 13.2. The zero-order chi connectivity index (χ0) is 22.7. The summed E-state index contributed by atoms with van der Waals surface area (Å²) in [6.45, 7) is 0. The molecule has 0 aliphatic heterocycles. The molecule has 7 nitrogen and oxygen atoms in total. The van der Waals surface area contributed by atoms with Gasteiger partial charge in [-0.25, -0.2) is 4.68 Å². The lowest BCUT2D eigenvalue weighted by Gasteiger charge is -2.09. The van der Waals surface area contributed by atoms with Crippen molar-refractivity contribution in [1.82, 2.24) is 25.6 Å². The zero-order valence-corrected chi connectivity index (χ0v) is 16.9. The van der Waals surface area contributed by atoms with Gasteiger partial charge in [-0.3, -0.25) is 25.4 Å². The van der Waals surface area contributed by atoms with Crippen LogP contribution in [0.25, 0.3) is 16.3 Å². The van der Waals surface area contributed by atoms with Crippen molar-refractivity contribution in [3.63, 3.8) is 0 Å². The van der Waals surface area contributed by atoms with E-state index in [0.717, 1.165) is 6.07 Å². The number of hydrazine groups is 1. The third-order valence-electron chi connectivity index (χ3n) is 4.38. The normalized spacial score (nSPS) is 11.2. The van der Waals surface area contributed by atoms with Crippen LogP contribution >= 0.6 is 11.3 Å². The van der Waals surface area contributed by atoms with Crippen LogP contribution in [0.3, 0.4) is 0 Å². The van der Waals surface area contributed by atoms with Crippen molar-refractivity contribution in [2.45, 2.75) is 6.18 Å². The van der Waals surface area contributed by atoms with Gasteiger partial charge in [-0.1, -0.05) is 6.07 Å². The summed E-state index contributed by atoms with van der Waals surface area (Å²) in [5.74, 6) is -1.11. The summed E-state index contributed by atoms with van der Waals surface area (Å²) in [5.41, 5.74) is 4.71. The molecule has 0 unspecified atom stereocenters. The maximum absolute atomic E-state index is 13.2. The van der Waals surface area contributed by atoms with Gasteiger partial charge in [0.05, 0.1) is 16.3 Å². The Balaban J connectivity index is 1.53. The van der Waals surface area contributed by atoms with Crippen LogP contribution in [-0.2, 0) is 6.18 Å². The lowest BCUT2D eigenvalue weighted by molar-refractivity contribution is -0.141. The van der Waals surface area contributed by atoms with Crippen molar-refractivity contribution in [2.24, 2.45) is 0 Å². The third kappa shape index (κ3) is 4.52. The number of pyridine rings is 1. The minimum Gasteiger partial charge on any atom is -0.267 e. The molecule has 3 heterocycles. The molecule has 4 rings (SSSR count). The smallest absolute Gasteiger partial charge is 0.267 e. The molecule has 162 valence electrons. The highest BCUT2D eigenvalue weighted by atomic mass is 32.1. The Kier molecular flexibility index (Phi) is 5.73. The van der Waals surface area contributed by atoms with Crippen LogP contribution in [0.1, 0.15) is 26.4 Å². The first kappa shape index (κ1) is 21.2. The van der Waals surface area contributed by atoms with E-state index in [1.165, 1.54) is 64.8 Å². The lowest BCUT2D eigenvalue weighted by Crippen LogP contribution is -2.41. The standard InChI is InChI=1S/C21H14F3N5O2S/c22-21(23,24)18-12-16(17-2-1-11-32-17)29(28-18)15-5-3-13(4-6-15)19(30)26-27-20(31)14-7-9-25-10-8-14/h1-12H,(H,26,30)(H,27,31).